The first-order chi connectivity index (χ1) is 17.7. The van der Waals surface area contributed by atoms with Crippen LogP contribution in [0.2, 0.25) is 0 Å². The topological polar surface area (TPSA) is 76.4 Å². The summed E-state index contributed by atoms with van der Waals surface area (Å²) in [6.45, 7) is 17.0. The van der Waals surface area contributed by atoms with Gasteiger partial charge in [0, 0.05) is 23.2 Å². The average molecular weight is 522 g/mol. The SMILES string of the molecule is CC1(C)CC[C@]2(C3COCO3)CC[C@]3(C)[C@H](C(=O)C[C@@H]4[C@@]5(C)C=C(C#N)C(=O)C(C)(C)[C@@H]5CC[C@]43C)[C@@H]2C1. The molecule has 0 spiro atoms. The van der Waals surface area contributed by atoms with E-state index in [9.17, 15) is 14.9 Å². The van der Waals surface area contributed by atoms with Gasteiger partial charge in [-0.1, -0.05) is 54.5 Å². The fraction of sp³-hybridized carbons (Fsp3) is 0.848. The van der Waals surface area contributed by atoms with Crippen LogP contribution in [0.5, 0.6) is 0 Å². The van der Waals surface area contributed by atoms with Gasteiger partial charge in [-0.2, -0.15) is 5.26 Å². The lowest BCUT2D eigenvalue weighted by Gasteiger charge is -2.72. The molecule has 1 saturated heterocycles. The van der Waals surface area contributed by atoms with Crippen LogP contribution < -0.4 is 0 Å². The number of ether oxygens (including phenoxy) is 2. The largest absolute Gasteiger partial charge is 0.353 e. The van der Waals surface area contributed by atoms with Gasteiger partial charge in [0.25, 0.3) is 0 Å². The van der Waals surface area contributed by atoms with Crippen molar-refractivity contribution in [1.82, 2.24) is 0 Å². The zero-order valence-electron chi connectivity index (χ0n) is 24.6. The Labute approximate surface area is 229 Å². The first-order valence-electron chi connectivity index (χ1n) is 15.1. The Bertz CT molecular complexity index is 1140. The Hall–Kier alpha value is -1.51. The lowest BCUT2D eigenvalue weighted by molar-refractivity contribution is -0.234. The molecular weight excluding hydrogens is 474 g/mol. The van der Waals surface area contributed by atoms with Crippen molar-refractivity contribution < 1.29 is 19.1 Å². The van der Waals surface area contributed by atoms with Crippen molar-refractivity contribution in [1.29, 1.82) is 5.26 Å². The molecule has 5 heteroatoms. The maximum absolute atomic E-state index is 14.6. The molecule has 0 bridgehead atoms. The zero-order chi connectivity index (χ0) is 27.5. The van der Waals surface area contributed by atoms with E-state index in [0.29, 0.717) is 37.1 Å². The molecule has 5 fully saturated rings. The minimum absolute atomic E-state index is 0.0171. The first kappa shape index (κ1) is 26.7. The van der Waals surface area contributed by atoms with Crippen molar-refractivity contribution in [2.45, 2.75) is 106 Å². The van der Waals surface area contributed by atoms with E-state index in [-0.39, 0.29) is 56.7 Å². The van der Waals surface area contributed by atoms with Crippen molar-refractivity contribution in [3.8, 4) is 6.07 Å². The van der Waals surface area contributed by atoms with Crippen LogP contribution in [0.1, 0.15) is 99.8 Å². The Kier molecular flexibility index (Phi) is 5.64. The molecule has 5 nitrogen and oxygen atoms in total. The van der Waals surface area contributed by atoms with E-state index in [1.54, 1.807) is 0 Å². The third kappa shape index (κ3) is 3.17. The monoisotopic (exact) mass is 521 g/mol. The van der Waals surface area contributed by atoms with E-state index >= 15 is 0 Å². The molecule has 38 heavy (non-hydrogen) atoms. The second-order valence-electron chi connectivity index (χ2n) is 16.1. The van der Waals surface area contributed by atoms with Crippen LogP contribution in [-0.2, 0) is 19.1 Å². The number of rotatable bonds is 1. The van der Waals surface area contributed by atoms with Crippen LogP contribution in [0.25, 0.3) is 0 Å². The summed E-state index contributed by atoms with van der Waals surface area (Å²) in [5.74, 6) is 1.01. The van der Waals surface area contributed by atoms with Gasteiger partial charge in [-0.25, -0.2) is 0 Å². The fourth-order valence-electron chi connectivity index (χ4n) is 11.6. The molecule has 0 aromatic rings. The molecule has 0 radical (unpaired) electrons. The summed E-state index contributed by atoms with van der Waals surface area (Å²) in [6, 6.07) is 2.24. The highest BCUT2D eigenvalue weighted by atomic mass is 16.7. The Morgan fingerprint density at radius 1 is 0.921 bits per heavy atom. The normalized spacial score (nSPS) is 51.1. The molecule has 208 valence electrons. The van der Waals surface area contributed by atoms with Gasteiger partial charge in [0.15, 0.2) is 5.78 Å². The van der Waals surface area contributed by atoms with Crippen LogP contribution in [0, 0.1) is 67.5 Å². The number of allylic oxidation sites excluding steroid dienone is 2. The Morgan fingerprint density at radius 2 is 1.63 bits per heavy atom. The summed E-state index contributed by atoms with van der Waals surface area (Å²) in [6.07, 6.45) is 10.1. The van der Waals surface area contributed by atoms with Crippen molar-refractivity contribution in [2.24, 2.45) is 56.2 Å². The molecule has 6 rings (SSSR count). The zero-order valence-corrected chi connectivity index (χ0v) is 24.6. The third-order valence-electron chi connectivity index (χ3n) is 13.8. The van der Waals surface area contributed by atoms with Crippen molar-refractivity contribution in [2.75, 3.05) is 13.4 Å². The third-order valence-corrected chi connectivity index (χ3v) is 13.8. The summed E-state index contributed by atoms with van der Waals surface area (Å²) >= 11 is 0. The molecule has 6 aliphatic rings. The highest BCUT2D eigenvalue weighted by molar-refractivity contribution is 6.04. The van der Waals surface area contributed by atoms with Crippen LogP contribution in [-0.4, -0.2) is 31.1 Å². The quantitative estimate of drug-likeness (QED) is 0.386. The highest BCUT2D eigenvalue weighted by Crippen LogP contribution is 2.76. The fourth-order valence-corrected chi connectivity index (χ4v) is 11.6. The number of carbonyl (C=O) groups is 2. The standard InChI is InChI=1S/C33H47NO4/c1-28(2)10-12-33(25-18-37-19-38-25)13-11-32(7)26(21(33)16-28)22(35)14-24-30(5)15-20(17-34)27(36)29(3,4)23(30)8-9-31(24,32)6/h15,21,23-26H,8-14,16,18-19H2,1-7H3/t21-,23-,24+,25?,26-,30-,31+,32+,33-/m0/s1. The second kappa shape index (κ2) is 8.03. The van der Waals surface area contributed by atoms with E-state index < -0.39 is 5.41 Å². The highest BCUT2D eigenvalue weighted by Gasteiger charge is 2.73. The van der Waals surface area contributed by atoms with Crippen LogP contribution >= 0.6 is 0 Å². The minimum Gasteiger partial charge on any atom is -0.353 e. The molecule has 4 saturated carbocycles. The van der Waals surface area contributed by atoms with Crippen molar-refractivity contribution >= 4 is 11.6 Å². The number of fused-ring (bicyclic) bond motifs is 7. The molecule has 1 unspecified atom stereocenters. The summed E-state index contributed by atoms with van der Waals surface area (Å²) in [5.41, 5.74) is -0.560. The molecule has 0 aromatic carbocycles. The first-order valence-corrected chi connectivity index (χ1v) is 15.1. The molecule has 5 aliphatic carbocycles. The van der Waals surface area contributed by atoms with Gasteiger partial charge in [-0.05, 0) is 84.4 Å². The summed E-state index contributed by atoms with van der Waals surface area (Å²) < 4.78 is 12.0. The van der Waals surface area contributed by atoms with E-state index in [1.165, 1.54) is 6.42 Å². The predicted molar refractivity (Wildman–Crippen MR) is 145 cm³/mol. The smallest absolute Gasteiger partial charge is 0.178 e. The van der Waals surface area contributed by atoms with Crippen LogP contribution in [0.15, 0.2) is 11.6 Å². The number of nitriles is 1. The van der Waals surface area contributed by atoms with Crippen LogP contribution in [0.4, 0.5) is 0 Å². The van der Waals surface area contributed by atoms with E-state index in [0.717, 1.165) is 38.5 Å². The van der Waals surface area contributed by atoms with Crippen molar-refractivity contribution in [3.63, 3.8) is 0 Å². The molecule has 1 aliphatic heterocycles. The number of hydrogen-bond donors (Lipinski definition) is 0. The van der Waals surface area contributed by atoms with Crippen LogP contribution in [0.3, 0.4) is 0 Å². The molecule has 9 atom stereocenters. The maximum Gasteiger partial charge on any atom is 0.178 e. The lowest BCUT2D eigenvalue weighted by Crippen LogP contribution is -2.69. The summed E-state index contributed by atoms with van der Waals surface area (Å²) in [7, 11) is 0. The average Bonchev–Trinajstić information content (AvgIpc) is 3.38. The second-order valence-corrected chi connectivity index (χ2v) is 16.1. The number of nitrogens with zero attached hydrogens (tertiary/aromatic N) is 1. The number of carbonyl (C=O) groups excluding carboxylic acids is 2. The van der Waals surface area contributed by atoms with Gasteiger partial charge >= 0.3 is 0 Å². The van der Waals surface area contributed by atoms with E-state index in [4.69, 9.17) is 9.47 Å². The summed E-state index contributed by atoms with van der Waals surface area (Å²) in [5, 5.41) is 9.93. The van der Waals surface area contributed by atoms with Gasteiger partial charge in [-0.15, -0.1) is 0 Å². The molecule has 1 heterocycles. The van der Waals surface area contributed by atoms with Gasteiger partial charge in [-0.3, -0.25) is 9.59 Å². The van der Waals surface area contributed by atoms with Gasteiger partial charge < -0.3 is 9.47 Å². The number of Topliss-reactive ketones (excluding diaryl/α,β-unsaturated/α-hetero) is 2. The Balaban J connectivity index is 1.46. The lowest BCUT2D eigenvalue weighted by atomic mass is 9.31. The number of hydrogen-bond acceptors (Lipinski definition) is 5. The maximum atomic E-state index is 14.6. The predicted octanol–water partition coefficient (Wildman–Crippen LogP) is 6.66. The molecule has 0 aromatic heterocycles. The molecular formula is C33H47NO4. The molecule has 0 N–H and O–H groups in total. The Morgan fingerprint density at radius 3 is 2.29 bits per heavy atom. The summed E-state index contributed by atoms with van der Waals surface area (Å²) in [4.78, 5) is 27.9. The molecule has 0 amide bonds. The van der Waals surface area contributed by atoms with E-state index in [2.05, 4.69) is 40.7 Å². The van der Waals surface area contributed by atoms with Gasteiger partial charge in [0.2, 0.25) is 0 Å². The number of ketones is 2. The van der Waals surface area contributed by atoms with Gasteiger partial charge in [0.1, 0.15) is 18.6 Å². The van der Waals surface area contributed by atoms with Gasteiger partial charge in [0.05, 0.1) is 18.3 Å². The van der Waals surface area contributed by atoms with E-state index in [1.807, 2.05) is 19.9 Å². The minimum atomic E-state index is -0.592. The van der Waals surface area contributed by atoms with Crippen molar-refractivity contribution in [3.05, 3.63) is 11.6 Å².